The molecule has 9 heteroatoms. The summed E-state index contributed by atoms with van der Waals surface area (Å²) in [6.45, 7) is 4.19. The van der Waals surface area contributed by atoms with E-state index in [4.69, 9.17) is 21.1 Å². The van der Waals surface area contributed by atoms with E-state index in [1.54, 1.807) is 24.3 Å². The Bertz CT molecular complexity index is 977. The molecule has 3 rings (SSSR count). The summed E-state index contributed by atoms with van der Waals surface area (Å²) in [6, 6.07) is 12.7. The van der Waals surface area contributed by atoms with Gasteiger partial charge in [-0.05, 0) is 54.8 Å². The van der Waals surface area contributed by atoms with Crippen LogP contribution in [0.4, 0.5) is 4.39 Å². The van der Waals surface area contributed by atoms with Gasteiger partial charge < -0.3 is 14.8 Å². The quantitative estimate of drug-likeness (QED) is 0.181. The van der Waals surface area contributed by atoms with Gasteiger partial charge >= 0.3 is 0 Å². The Labute approximate surface area is 230 Å². The number of carbonyl (C=O) groups excluding carboxylic acids is 1. The Hall–Kier alpha value is -2.71. The molecule has 208 valence electrons. The zero-order valence-corrected chi connectivity index (χ0v) is 22.9. The van der Waals surface area contributed by atoms with Crippen LogP contribution in [0.15, 0.2) is 53.7 Å². The fourth-order valence-corrected chi connectivity index (χ4v) is 4.67. The van der Waals surface area contributed by atoms with Crippen molar-refractivity contribution in [2.75, 3.05) is 32.8 Å². The number of unbranched alkanes of at least 4 members (excludes halogenated alkanes) is 4. The van der Waals surface area contributed by atoms with E-state index in [0.29, 0.717) is 42.5 Å². The Kier molecular flexibility index (Phi) is 12.8. The van der Waals surface area contributed by atoms with E-state index < -0.39 is 18.3 Å². The first kappa shape index (κ1) is 29.8. The molecule has 1 fully saturated rings. The second-order valence-corrected chi connectivity index (χ2v) is 10.2. The Morgan fingerprint density at radius 3 is 2.34 bits per heavy atom. The molecule has 2 aromatic carbocycles. The average Bonchev–Trinajstić information content (AvgIpc) is 3.32. The summed E-state index contributed by atoms with van der Waals surface area (Å²) in [5.74, 6) is 1.07. The Morgan fingerprint density at radius 2 is 1.71 bits per heavy atom. The highest BCUT2D eigenvalue weighted by atomic mass is 35.5. The van der Waals surface area contributed by atoms with E-state index in [1.165, 1.54) is 19.3 Å². The number of hydrogen-bond donors (Lipinski definition) is 1. The van der Waals surface area contributed by atoms with Crippen LogP contribution in [0.25, 0.3) is 0 Å². The largest absolute Gasteiger partial charge is 0.494 e. The molecule has 1 N–H and O–H groups in total. The highest BCUT2D eigenvalue weighted by Gasteiger charge is 2.31. The van der Waals surface area contributed by atoms with Gasteiger partial charge in [0.1, 0.15) is 23.7 Å². The van der Waals surface area contributed by atoms with E-state index in [9.17, 15) is 14.1 Å². The maximum Gasteiger partial charge on any atom is 0.223 e. The number of rotatable bonds is 17. The van der Waals surface area contributed by atoms with Crippen molar-refractivity contribution in [1.29, 1.82) is 0 Å². The normalized spacial score (nSPS) is 17.1. The molecule has 7 nitrogen and oxygen atoms in total. The van der Waals surface area contributed by atoms with Crippen LogP contribution in [0, 0.1) is 4.91 Å². The predicted octanol–water partition coefficient (Wildman–Crippen LogP) is 6.49. The summed E-state index contributed by atoms with van der Waals surface area (Å²) < 4.78 is 25.3. The summed E-state index contributed by atoms with van der Waals surface area (Å²) in [7, 11) is 0. The van der Waals surface area contributed by atoms with E-state index in [1.807, 2.05) is 29.2 Å². The zero-order chi connectivity index (χ0) is 27.2. The molecule has 0 aromatic heterocycles. The van der Waals surface area contributed by atoms with Gasteiger partial charge in [-0.25, -0.2) is 4.39 Å². The molecule has 0 saturated carbocycles. The third kappa shape index (κ3) is 10.2. The van der Waals surface area contributed by atoms with E-state index in [2.05, 4.69) is 17.4 Å². The van der Waals surface area contributed by atoms with Crippen LogP contribution in [0.1, 0.15) is 63.5 Å². The molecule has 1 unspecified atom stereocenters. The maximum absolute atomic E-state index is 13.8. The Morgan fingerprint density at radius 1 is 1.05 bits per heavy atom. The average molecular weight is 548 g/mol. The van der Waals surface area contributed by atoms with Crippen molar-refractivity contribution in [1.82, 2.24) is 10.2 Å². The van der Waals surface area contributed by atoms with Crippen molar-refractivity contribution in [2.45, 2.75) is 70.1 Å². The lowest BCUT2D eigenvalue weighted by molar-refractivity contribution is -0.122. The third-order valence-corrected chi connectivity index (χ3v) is 6.91. The van der Waals surface area contributed by atoms with Gasteiger partial charge in [0.15, 0.2) is 0 Å². The molecule has 0 spiro atoms. The first-order chi connectivity index (χ1) is 18.5. The number of ether oxygens (including phenoxy) is 2. The maximum atomic E-state index is 13.8. The van der Waals surface area contributed by atoms with Gasteiger partial charge in [-0.2, -0.15) is 4.91 Å². The van der Waals surface area contributed by atoms with Crippen molar-refractivity contribution in [3.8, 4) is 11.5 Å². The lowest BCUT2D eigenvalue weighted by Gasteiger charge is -2.28. The Balaban J connectivity index is 1.58. The minimum atomic E-state index is -0.903. The van der Waals surface area contributed by atoms with Crippen LogP contribution in [-0.4, -0.2) is 55.9 Å². The third-order valence-electron chi connectivity index (χ3n) is 6.66. The number of benzene rings is 2. The van der Waals surface area contributed by atoms with E-state index in [0.717, 1.165) is 18.6 Å². The first-order valence-corrected chi connectivity index (χ1v) is 14.0. The number of hydrogen-bond acceptors (Lipinski definition) is 6. The second kappa shape index (κ2) is 16.3. The molecule has 38 heavy (non-hydrogen) atoms. The topological polar surface area (TPSA) is 80.2 Å². The summed E-state index contributed by atoms with van der Waals surface area (Å²) in [6.07, 6.45) is 5.45. The van der Waals surface area contributed by atoms with Crippen molar-refractivity contribution < 1.29 is 18.7 Å². The standard InChI is InChI=1S/C29H39ClFN3O4/c1-2-3-4-5-6-18-37-25-11-7-22(8-12-25)29(33-36)27(21-34-17-15-24(31)20-34)32-28(35)16-19-38-26-13-9-23(30)10-14-26/h7-14,24,27,29H,2-6,15-21H2,1H3,(H,32,35)/t24?,27-,29-/m1/s1. The van der Waals surface area contributed by atoms with Crippen LogP contribution in [0.5, 0.6) is 11.5 Å². The smallest absolute Gasteiger partial charge is 0.223 e. The van der Waals surface area contributed by atoms with Gasteiger partial charge in [-0.3, -0.25) is 9.69 Å². The van der Waals surface area contributed by atoms with Crippen molar-refractivity contribution in [3.63, 3.8) is 0 Å². The van der Waals surface area contributed by atoms with Crippen LogP contribution in [-0.2, 0) is 4.79 Å². The van der Waals surface area contributed by atoms with Gasteiger partial charge in [0.2, 0.25) is 5.91 Å². The molecule has 0 bridgehead atoms. The van der Waals surface area contributed by atoms with Gasteiger partial charge in [0.25, 0.3) is 0 Å². The fourth-order valence-electron chi connectivity index (χ4n) is 4.55. The molecule has 1 aliphatic heterocycles. The van der Waals surface area contributed by atoms with Gasteiger partial charge in [-0.1, -0.05) is 61.5 Å². The monoisotopic (exact) mass is 547 g/mol. The predicted molar refractivity (Wildman–Crippen MR) is 149 cm³/mol. The summed E-state index contributed by atoms with van der Waals surface area (Å²) in [5, 5.41) is 6.92. The summed E-state index contributed by atoms with van der Waals surface area (Å²) in [4.78, 5) is 26.7. The van der Waals surface area contributed by atoms with Crippen LogP contribution in [0.3, 0.4) is 0 Å². The number of alkyl halides is 1. The number of likely N-dealkylation sites (tertiary alicyclic amines) is 1. The van der Waals surface area contributed by atoms with Crippen molar-refractivity contribution in [2.24, 2.45) is 5.18 Å². The number of amides is 1. The molecule has 0 aliphatic carbocycles. The van der Waals surface area contributed by atoms with Crippen LogP contribution >= 0.6 is 11.6 Å². The number of nitrogens with one attached hydrogen (secondary N) is 1. The van der Waals surface area contributed by atoms with Gasteiger partial charge in [0, 0.05) is 24.7 Å². The fraction of sp³-hybridized carbons (Fsp3) is 0.552. The lowest BCUT2D eigenvalue weighted by atomic mass is 9.99. The summed E-state index contributed by atoms with van der Waals surface area (Å²) in [5.41, 5.74) is 0.675. The number of nitrogens with zero attached hydrogens (tertiary/aromatic N) is 2. The highest BCUT2D eigenvalue weighted by molar-refractivity contribution is 6.30. The molecule has 1 aliphatic rings. The van der Waals surface area contributed by atoms with Crippen LogP contribution in [0.2, 0.25) is 5.02 Å². The zero-order valence-electron chi connectivity index (χ0n) is 22.1. The number of halogens is 2. The second-order valence-electron chi connectivity index (χ2n) is 9.75. The first-order valence-electron chi connectivity index (χ1n) is 13.6. The minimum absolute atomic E-state index is 0.0987. The van der Waals surface area contributed by atoms with Crippen molar-refractivity contribution in [3.05, 3.63) is 64.0 Å². The number of carbonyl (C=O) groups is 1. The highest BCUT2D eigenvalue weighted by Crippen LogP contribution is 2.26. The summed E-state index contributed by atoms with van der Waals surface area (Å²) >= 11 is 5.89. The lowest BCUT2D eigenvalue weighted by Crippen LogP contribution is -2.46. The van der Waals surface area contributed by atoms with Crippen molar-refractivity contribution >= 4 is 17.5 Å². The molecule has 1 heterocycles. The molecule has 0 radical (unpaired) electrons. The molecule has 2 aromatic rings. The molecular formula is C29H39ClFN3O4. The van der Waals surface area contributed by atoms with Gasteiger partial charge in [0.05, 0.1) is 25.7 Å². The van der Waals surface area contributed by atoms with Crippen LogP contribution < -0.4 is 14.8 Å². The van der Waals surface area contributed by atoms with E-state index >= 15 is 0 Å². The number of nitroso groups, excluding NO2 is 1. The van der Waals surface area contributed by atoms with Gasteiger partial charge in [-0.15, -0.1) is 0 Å². The SMILES string of the molecule is CCCCCCCOc1ccc([C@@H](N=O)[C@@H](CN2CCC(F)C2)NC(=O)CCOc2ccc(Cl)cc2)cc1. The van der Waals surface area contributed by atoms with E-state index in [-0.39, 0.29) is 25.5 Å². The molecule has 3 atom stereocenters. The molecule has 1 saturated heterocycles. The molecular weight excluding hydrogens is 509 g/mol. The molecule has 1 amide bonds. The minimum Gasteiger partial charge on any atom is -0.494 e.